The normalized spacial score (nSPS) is 10.4. The number of nitrogens with zero attached hydrogens (tertiary/aromatic N) is 1. The number of nitro groups is 1. The Labute approximate surface area is 105 Å². The van der Waals surface area contributed by atoms with Crippen LogP contribution in [0.4, 0.5) is 11.4 Å². The molecule has 0 atom stereocenters. The molecule has 0 spiro atoms. The van der Waals surface area contributed by atoms with E-state index in [2.05, 4.69) is 5.32 Å². The van der Waals surface area contributed by atoms with Crippen molar-refractivity contribution in [3.05, 3.63) is 28.3 Å². The SMILES string of the molecule is COc1cc(NCC(OC)OC)ccc1[N+](=O)[O-]. The third kappa shape index (κ3) is 3.57. The maximum absolute atomic E-state index is 10.7. The van der Waals surface area contributed by atoms with E-state index < -0.39 is 4.92 Å². The number of hydrogen-bond donors (Lipinski definition) is 1. The lowest BCUT2D eigenvalue weighted by molar-refractivity contribution is -0.385. The van der Waals surface area contributed by atoms with E-state index in [0.717, 1.165) is 0 Å². The van der Waals surface area contributed by atoms with E-state index in [9.17, 15) is 10.1 Å². The second kappa shape index (κ2) is 6.77. The van der Waals surface area contributed by atoms with Crippen LogP contribution in [0.1, 0.15) is 0 Å². The van der Waals surface area contributed by atoms with E-state index in [1.807, 2.05) is 0 Å². The van der Waals surface area contributed by atoms with Gasteiger partial charge in [-0.15, -0.1) is 0 Å². The second-order valence-corrected chi connectivity index (χ2v) is 3.43. The summed E-state index contributed by atoms with van der Waals surface area (Å²) in [6, 6.07) is 4.54. The van der Waals surface area contributed by atoms with Gasteiger partial charge in [0, 0.05) is 32.0 Å². The van der Waals surface area contributed by atoms with E-state index in [1.54, 1.807) is 12.1 Å². The molecule has 0 amide bonds. The summed E-state index contributed by atoms with van der Waals surface area (Å²) >= 11 is 0. The Morgan fingerprint density at radius 2 is 2.00 bits per heavy atom. The van der Waals surface area contributed by atoms with Gasteiger partial charge in [0.2, 0.25) is 0 Å². The van der Waals surface area contributed by atoms with Gasteiger partial charge >= 0.3 is 5.69 Å². The molecule has 1 aromatic rings. The fraction of sp³-hybridized carbons (Fsp3) is 0.455. The van der Waals surface area contributed by atoms with Gasteiger partial charge in [-0.05, 0) is 6.07 Å². The monoisotopic (exact) mass is 256 g/mol. The van der Waals surface area contributed by atoms with Crippen molar-refractivity contribution in [3.63, 3.8) is 0 Å². The third-order valence-electron chi connectivity index (χ3n) is 2.38. The molecule has 0 heterocycles. The zero-order valence-electron chi connectivity index (χ0n) is 10.5. The fourth-order valence-electron chi connectivity index (χ4n) is 1.40. The van der Waals surface area contributed by atoms with Gasteiger partial charge in [-0.1, -0.05) is 0 Å². The second-order valence-electron chi connectivity index (χ2n) is 3.43. The van der Waals surface area contributed by atoms with Gasteiger partial charge in [0.25, 0.3) is 0 Å². The molecule has 0 aliphatic heterocycles. The molecule has 0 fully saturated rings. The maximum atomic E-state index is 10.7. The van der Waals surface area contributed by atoms with Gasteiger partial charge < -0.3 is 19.5 Å². The van der Waals surface area contributed by atoms with Crippen molar-refractivity contribution in [2.24, 2.45) is 0 Å². The first-order valence-electron chi connectivity index (χ1n) is 5.24. The first-order valence-corrected chi connectivity index (χ1v) is 5.24. The predicted molar refractivity (Wildman–Crippen MR) is 65.9 cm³/mol. The molecule has 100 valence electrons. The van der Waals surface area contributed by atoms with Crippen LogP contribution in [0.2, 0.25) is 0 Å². The predicted octanol–water partition coefficient (Wildman–Crippen LogP) is 1.63. The zero-order valence-corrected chi connectivity index (χ0v) is 10.5. The number of benzene rings is 1. The fourth-order valence-corrected chi connectivity index (χ4v) is 1.40. The lowest BCUT2D eigenvalue weighted by Crippen LogP contribution is -2.23. The summed E-state index contributed by atoms with van der Waals surface area (Å²) in [5, 5.41) is 13.8. The van der Waals surface area contributed by atoms with Crippen LogP contribution in [0, 0.1) is 10.1 Å². The molecule has 0 aliphatic rings. The molecule has 7 heteroatoms. The van der Waals surface area contributed by atoms with E-state index in [4.69, 9.17) is 14.2 Å². The standard InChI is InChI=1S/C11H16N2O5/c1-16-10-6-8(4-5-9(10)13(14)15)12-7-11(17-2)18-3/h4-6,11-12H,7H2,1-3H3. The highest BCUT2D eigenvalue weighted by Gasteiger charge is 2.15. The molecule has 0 radical (unpaired) electrons. The minimum Gasteiger partial charge on any atom is -0.490 e. The highest BCUT2D eigenvalue weighted by atomic mass is 16.7. The molecule has 0 unspecified atom stereocenters. The summed E-state index contributed by atoms with van der Waals surface area (Å²) in [6.07, 6.45) is -0.383. The maximum Gasteiger partial charge on any atom is 0.311 e. The molecule has 0 saturated heterocycles. The first-order chi connectivity index (χ1) is 8.62. The average Bonchev–Trinajstić information content (AvgIpc) is 2.39. The Morgan fingerprint density at radius 3 is 2.50 bits per heavy atom. The van der Waals surface area contributed by atoms with Crippen LogP contribution in [0.25, 0.3) is 0 Å². The number of rotatable bonds is 7. The highest BCUT2D eigenvalue weighted by molar-refractivity contribution is 5.57. The molecule has 0 bridgehead atoms. The quantitative estimate of drug-likeness (QED) is 0.453. The topological polar surface area (TPSA) is 82.9 Å². The lowest BCUT2D eigenvalue weighted by atomic mass is 10.2. The number of ether oxygens (including phenoxy) is 3. The summed E-state index contributed by atoms with van der Waals surface area (Å²) in [5.74, 6) is 0.205. The minimum atomic E-state index is -0.490. The number of hydrogen-bond acceptors (Lipinski definition) is 6. The summed E-state index contributed by atoms with van der Waals surface area (Å²) in [7, 11) is 4.46. The molecule has 0 aliphatic carbocycles. The van der Waals surface area contributed by atoms with Crippen molar-refractivity contribution in [1.29, 1.82) is 0 Å². The van der Waals surface area contributed by atoms with Crippen LogP contribution in [-0.4, -0.2) is 39.1 Å². The lowest BCUT2D eigenvalue weighted by Gasteiger charge is -2.15. The van der Waals surface area contributed by atoms with Crippen LogP contribution in [-0.2, 0) is 9.47 Å². The zero-order chi connectivity index (χ0) is 13.5. The summed E-state index contributed by atoms with van der Waals surface area (Å²) in [5.41, 5.74) is 0.620. The van der Waals surface area contributed by atoms with Crippen LogP contribution in [0.15, 0.2) is 18.2 Å². The minimum absolute atomic E-state index is 0.0712. The van der Waals surface area contributed by atoms with Crippen molar-refractivity contribution in [1.82, 2.24) is 0 Å². The van der Waals surface area contributed by atoms with Crippen molar-refractivity contribution < 1.29 is 19.1 Å². The molecule has 0 saturated carbocycles. The van der Waals surface area contributed by atoms with Gasteiger partial charge in [0.1, 0.15) is 0 Å². The largest absolute Gasteiger partial charge is 0.490 e. The van der Waals surface area contributed by atoms with Gasteiger partial charge in [-0.25, -0.2) is 0 Å². The van der Waals surface area contributed by atoms with E-state index in [0.29, 0.717) is 12.2 Å². The van der Waals surface area contributed by atoms with Gasteiger partial charge in [-0.3, -0.25) is 10.1 Å². The van der Waals surface area contributed by atoms with E-state index >= 15 is 0 Å². The Balaban J connectivity index is 2.76. The molecule has 1 aromatic carbocycles. The van der Waals surface area contributed by atoms with E-state index in [-0.39, 0.29) is 17.7 Å². The first kappa shape index (κ1) is 14.2. The van der Waals surface area contributed by atoms with Crippen molar-refractivity contribution >= 4 is 11.4 Å². The number of nitrogens with one attached hydrogen (secondary N) is 1. The van der Waals surface area contributed by atoms with Gasteiger partial charge in [0.15, 0.2) is 12.0 Å². The van der Waals surface area contributed by atoms with Gasteiger partial charge in [0.05, 0.1) is 18.6 Å². The van der Waals surface area contributed by atoms with Crippen molar-refractivity contribution in [2.75, 3.05) is 33.2 Å². The van der Waals surface area contributed by atoms with Crippen LogP contribution in [0.5, 0.6) is 5.75 Å². The summed E-state index contributed by atoms with van der Waals surface area (Å²) in [4.78, 5) is 10.2. The number of anilines is 1. The van der Waals surface area contributed by atoms with Crippen LogP contribution in [0.3, 0.4) is 0 Å². The Morgan fingerprint density at radius 1 is 1.33 bits per heavy atom. The number of nitro benzene ring substituents is 1. The van der Waals surface area contributed by atoms with Crippen molar-refractivity contribution in [3.8, 4) is 5.75 Å². The third-order valence-corrected chi connectivity index (χ3v) is 2.38. The molecular formula is C11H16N2O5. The molecule has 1 rings (SSSR count). The van der Waals surface area contributed by atoms with E-state index in [1.165, 1.54) is 27.4 Å². The summed E-state index contributed by atoms with van der Waals surface area (Å²) in [6.45, 7) is 0.425. The van der Waals surface area contributed by atoms with Crippen molar-refractivity contribution in [2.45, 2.75) is 6.29 Å². The molecule has 7 nitrogen and oxygen atoms in total. The summed E-state index contributed by atoms with van der Waals surface area (Å²) < 4.78 is 15.0. The van der Waals surface area contributed by atoms with Crippen LogP contribution < -0.4 is 10.1 Å². The molecular weight excluding hydrogens is 240 g/mol. The smallest absolute Gasteiger partial charge is 0.311 e. The highest BCUT2D eigenvalue weighted by Crippen LogP contribution is 2.29. The average molecular weight is 256 g/mol. The Hall–Kier alpha value is -1.86. The Bertz CT molecular complexity index is 406. The molecule has 1 N–H and O–H groups in total. The van der Waals surface area contributed by atoms with Gasteiger partial charge in [-0.2, -0.15) is 0 Å². The molecule has 18 heavy (non-hydrogen) atoms. The van der Waals surface area contributed by atoms with Crippen LogP contribution >= 0.6 is 0 Å². The molecule has 0 aromatic heterocycles. The number of methoxy groups -OCH3 is 3. The Kier molecular flexibility index (Phi) is 5.34.